The maximum absolute atomic E-state index is 9.10. The van der Waals surface area contributed by atoms with Crippen molar-refractivity contribution in [2.45, 2.75) is 18.3 Å². The number of halogens is 1. The molecule has 0 spiro atoms. The van der Waals surface area contributed by atoms with Crippen LogP contribution in [0, 0.1) is 11.3 Å². The zero-order chi connectivity index (χ0) is 10.5. The van der Waals surface area contributed by atoms with E-state index in [0.717, 1.165) is 34.0 Å². The second-order valence-corrected chi connectivity index (χ2v) is 4.78. The lowest BCUT2D eigenvalue weighted by atomic mass is 10.0. The summed E-state index contributed by atoms with van der Waals surface area (Å²) in [7, 11) is 0. The number of fused-ring (bicyclic) bond motifs is 1. The summed E-state index contributed by atoms with van der Waals surface area (Å²) in [5.41, 5.74) is 0.406. The van der Waals surface area contributed by atoms with E-state index in [2.05, 4.69) is 27.2 Å². The average molecular weight is 263 g/mol. The molecule has 0 unspecified atom stereocenters. The van der Waals surface area contributed by atoms with Gasteiger partial charge in [-0.05, 0) is 31.0 Å². The fourth-order valence-corrected chi connectivity index (χ4v) is 2.13. The van der Waals surface area contributed by atoms with Crippen molar-refractivity contribution in [2.75, 3.05) is 0 Å². The molecule has 1 fully saturated rings. The normalized spacial score (nSPS) is 17.6. The lowest BCUT2D eigenvalue weighted by Gasteiger charge is -1.99. The molecule has 15 heavy (non-hydrogen) atoms. The Kier molecular flexibility index (Phi) is 1.68. The number of aromatic nitrogens is 1. The molecule has 0 amide bonds. The Hall–Kier alpha value is -1.34. The topological polar surface area (TPSA) is 49.8 Å². The first kappa shape index (κ1) is 8.93. The maximum Gasteiger partial charge on any atom is 0.164 e. The van der Waals surface area contributed by atoms with Crippen LogP contribution in [0.1, 0.15) is 18.6 Å². The highest BCUT2D eigenvalue weighted by Gasteiger charge is 2.49. The number of hydrogen-bond acceptors (Lipinski definition) is 3. The number of hydrogen-bond donors (Lipinski definition) is 0. The van der Waals surface area contributed by atoms with Crippen LogP contribution in [0.4, 0.5) is 0 Å². The van der Waals surface area contributed by atoms with Gasteiger partial charge in [-0.25, -0.2) is 0 Å². The van der Waals surface area contributed by atoms with E-state index < -0.39 is 5.41 Å². The zero-order valence-corrected chi connectivity index (χ0v) is 9.41. The van der Waals surface area contributed by atoms with Gasteiger partial charge in [0, 0.05) is 9.86 Å². The third-order valence-electron chi connectivity index (χ3n) is 2.84. The van der Waals surface area contributed by atoms with Crippen molar-refractivity contribution in [1.29, 1.82) is 5.26 Å². The van der Waals surface area contributed by atoms with E-state index in [1.807, 2.05) is 18.2 Å². The fraction of sp³-hybridized carbons (Fsp3) is 0.273. The molecule has 1 aromatic carbocycles. The van der Waals surface area contributed by atoms with Gasteiger partial charge in [-0.2, -0.15) is 5.26 Å². The minimum atomic E-state index is -0.400. The van der Waals surface area contributed by atoms with Crippen LogP contribution in [0.25, 0.3) is 10.9 Å². The number of nitriles is 1. The van der Waals surface area contributed by atoms with Gasteiger partial charge in [0.05, 0.1) is 6.07 Å². The van der Waals surface area contributed by atoms with Gasteiger partial charge in [0.1, 0.15) is 10.9 Å². The average Bonchev–Trinajstić information content (AvgIpc) is 2.93. The number of rotatable bonds is 1. The summed E-state index contributed by atoms with van der Waals surface area (Å²) < 4.78 is 6.26. The van der Waals surface area contributed by atoms with Crippen LogP contribution < -0.4 is 0 Å². The lowest BCUT2D eigenvalue weighted by Crippen LogP contribution is -2.00. The van der Waals surface area contributed by atoms with Gasteiger partial charge in [-0.15, -0.1) is 0 Å². The van der Waals surface area contributed by atoms with Crippen molar-refractivity contribution in [3.63, 3.8) is 0 Å². The van der Waals surface area contributed by atoms with Crippen LogP contribution in [0.15, 0.2) is 27.2 Å². The minimum absolute atomic E-state index is 0.400. The zero-order valence-electron chi connectivity index (χ0n) is 7.83. The smallest absolute Gasteiger partial charge is 0.164 e. The maximum atomic E-state index is 9.10. The Morgan fingerprint density at radius 3 is 2.93 bits per heavy atom. The Balaban J connectivity index is 2.26. The molecule has 1 heterocycles. The molecule has 0 N–H and O–H groups in total. The van der Waals surface area contributed by atoms with Crippen molar-refractivity contribution in [2.24, 2.45) is 0 Å². The Morgan fingerprint density at radius 2 is 2.27 bits per heavy atom. The van der Waals surface area contributed by atoms with E-state index >= 15 is 0 Å². The lowest BCUT2D eigenvalue weighted by molar-refractivity contribution is 0.378. The molecule has 2 aromatic rings. The van der Waals surface area contributed by atoms with Crippen molar-refractivity contribution in [1.82, 2.24) is 5.16 Å². The highest BCUT2D eigenvalue weighted by molar-refractivity contribution is 9.10. The predicted octanol–water partition coefficient (Wildman–Crippen LogP) is 3.15. The summed E-state index contributed by atoms with van der Waals surface area (Å²) in [6.07, 6.45) is 1.76. The van der Waals surface area contributed by atoms with Gasteiger partial charge in [-0.1, -0.05) is 21.1 Å². The van der Waals surface area contributed by atoms with E-state index in [-0.39, 0.29) is 0 Å². The molecule has 0 aliphatic heterocycles. The van der Waals surface area contributed by atoms with E-state index in [9.17, 15) is 0 Å². The standard InChI is InChI=1S/C11H7BrN2O/c12-7-1-2-8-9(5-7)14-15-10(8)11(6-13)3-4-11/h1-2,5H,3-4H2. The molecule has 4 heteroatoms. The molecule has 1 saturated carbocycles. The molecular weight excluding hydrogens is 256 g/mol. The highest BCUT2D eigenvalue weighted by atomic mass is 79.9. The molecule has 0 saturated heterocycles. The first-order valence-corrected chi connectivity index (χ1v) is 5.51. The Morgan fingerprint density at radius 1 is 1.47 bits per heavy atom. The number of nitrogens with zero attached hydrogens (tertiary/aromatic N) is 2. The quantitative estimate of drug-likeness (QED) is 0.794. The van der Waals surface area contributed by atoms with E-state index in [1.165, 1.54) is 0 Å². The van der Waals surface area contributed by atoms with Crippen LogP contribution in [0.5, 0.6) is 0 Å². The third-order valence-corrected chi connectivity index (χ3v) is 3.33. The monoisotopic (exact) mass is 262 g/mol. The van der Waals surface area contributed by atoms with E-state index in [1.54, 1.807) is 0 Å². The minimum Gasteiger partial charge on any atom is -0.358 e. The van der Waals surface area contributed by atoms with Gasteiger partial charge in [0.2, 0.25) is 0 Å². The molecule has 1 aromatic heterocycles. The number of benzene rings is 1. The molecular formula is C11H7BrN2O. The van der Waals surface area contributed by atoms with Gasteiger partial charge < -0.3 is 4.52 Å². The van der Waals surface area contributed by atoms with Gasteiger partial charge in [-0.3, -0.25) is 0 Å². The summed E-state index contributed by atoms with van der Waals surface area (Å²) in [5, 5.41) is 14.0. The van der Waals surface area contributed by atoms with Crippen LogP contribution in [-0.2, 0) is 5.41 Å². The summed E-state index contributed by atoms with van der Waals surface area (Å²) in [5.74, 6) is 0.729. The molecule has 0 atom stereocenters. The molecule has 0 bridgehead atoms. The summed E-state index contributed by atoms with van der Waals surface area (Å²) in [6, 6.07) is 8.10. The van der Waals surface area contributed by atoms with Gasteiger partial charge in [0.25, 0.3) is 0 Å². The second kappa shape index (κ2) is 2.83. The molecule has 74 valence electrons. The van der Waals surface area contributed by atoms with Crippen LogP contribution in [0.2, 0.25) is 0 Å². The van der Waals surface area contributed by atoms with Crippen LogP contribution >= 0.6 is 15.9 Å². The summed E-state index contributed by atoms with van der Waals surface area (Å²) in [4.78, 5) is 0. The third kappa shape index (κ3) is 1.20. The SMILES string of the molecule is N#CC1(c2onc3cc(Br)ccc23)CC1. The fourth-order valence-electron chi connectivity index (χ4n) is 1.78. The second-order valence-electron chi connectivity index (χ2n) is 3.87. The predicted molar refractivity (Wildman–Crippen MR) is 58.2 cm³/mol. The Bertz CT molecular complexity index is 578. The highest BCUT2D eigenvalue weighted by Crippen LogP contribution is 2.49. The van der Waals surface area contributed by atoms with Crippen molar-refractivity contribution in [3.05, 3.63) is 28.4 Å². The van der Waals surface area contributed by atoms with E-state index in [4.69, 9.17) is 9.78 Å². The first-order valence-electron chi connectivity index (χ1n) is 4.72. The molecule has 0 radical (unpaired) electrons. The van der Waals surface area contributed by atoms with E-state index in [0.29, 0.717) is 0 Å². The first-order chi connectivity index (χ1) is 7.25. The summed E-state index contributed by atoms with van der Waals surface area (Å²) >= 11 is 3.38. The van der Waals surface area contributed by atoms with Gasteiger partial charge in [0.15, 0.2) is 5.76 Å². The molecule has 3 rings (SSSR count). The van der Waals surface area contributed by atoms with Crippen molar-refractivity contribution >= 4 is 26.8 Å². The molecule has 1 aliphatic rings. The molecule has 3 nitrogen and oxygen atoms in total. The van der Waals surface area contributed by atoms with Gasteiger partial charge >= 0.3 is 0 Å². The molecule has 1 aliphatic carbocycles. The van der Waals surface area contributed by atoms with Crippen LogP contribution in [-0.4, -0.2) is 5.16 Å². The van der Waals surface area contributed by atoms with Crippen molar-refractivity contribution < 1.29 is 4.52 Å². The Labute approximate surface area is 94.8 Å². The van der Waals surface area contributed by atoms with Crippen LogP contribution in [0.3, 0.4) is 0 Å². The van der Waals surface area contributed by atoms with Crippen molar-refractivity contribution in [3.8, 4) is 6.07 Å². The summed E-state index contributed by atoms with van der Waals surface area (Å²) in [6.45, 7) is 0. The largest absolute Gasteiger partial charge is 0.358 e.